The van der Waals surface area contributed by atoms with Crippen LogP contribution in [0.5, 0.6) is 5.75 Å². The molecule has 154 valence electrons. The second-order valence-electron chi connectivity index (χ2n) is 6.05. The Morgan fingerprint density at radius 1 is 1.14 bits per heavy atom. The summed E-state index contributed by atoms with van der Waals surface area (Å²) in [6, 6.07) is 10.8. The lowest BCUT2D eigenvalue weighted by Crippen LogP contribution is -2.42. The summed E-state index contributed by atoms with van der Waals surface area (Å²) in [5.41, 5.74) is 0.393. The molecular formula is C21H22FNO5S. The van der Waals surface area contributed by atoms with E-state index in [0.29, 0.717) is 17.9 Å². The van der Waals surface area contributed by atoms with Crippen LogP contribution in [-0.2, 0) is 9.53 Å². The molecule has 6 nitrogen and oxygen atoms in total. The molecule has 0 unspecified atom stereocenters. The normalized spacial score (nSPS) is 11.4. The predicted octanol–water partition coefficient (Wildman–Crippen LogP) is 3.11. The monoisotopic (exact) mass is 419 g/mol. The molecule has 0 aliphatic carbocycles. The number of carbonyl (C=O) groups is 3. The van der Waals surface area contributed by atoms with E-state index in [9.17, 15) is 18.8 Å². The first-order valence-electron chi connectivity index (χ1n) is 8.84. The molecule has 1 N–H and O–H groups in total. The van der Waals surface area contributed by atoms with E-state index in [2.05, 4.69) is 5.32 Å². The quantitative estimate of drug-likeness (QED) is 0.471. The number of carbonyl (C=O) groups excluding carboxylic acids is 3. The first kappa shape index (κ1) is 22.4. The third kappa shape index (κ3) is 6.60. The van der Waals surface area contributed by atoms with Crippen molar-refractivity contribution < 1.29 is 28.2 Å². The minimum Gasteiger partial charge on any atom is -0.496 e. The van der Waals surface area contributed by atoms with Gasteiger partial charge in [-0.3, -0.25) is 9.59 Å². The van der Waals surface area contributed by atoms with Crippen LogP contribution in [0.3, 0.4) is 0 Å². The van der Waals surface area contributed by atoms with Crippen molar-refractivity contribution in [3.05, 3.63) is 65.5 Å². The number of benzene rings is 2. The van der Waals surface area contributed by atoms with Crippen LogP contribution in [0, 0.1) is 5.82 Å². The molecule has 1 atom stereocenters. The number of halogens is 1. The van der Waals surface area contributed by atoms with Crippen molar-refractivity contribution in [3.8, 4) is 5.75 Å². The highest BCUT2D eigenvalue weighted by Gasteiger charge is 2.24. The molecule has 0 saturated carbocycles. The van der Waals surface area contributed by atoms with Crippen molar-refractivity contribution in [2.45, 2.75) is 12.5 Å². The van der Waals surface area contributed by atoms with E-state index in [1.807, 2.05) is 6.26 Å². The van der Waals surface area contributed by atoms with E-state index in [0.717, 1.165) is 6.07 Å². The molecule has 0 spiro atoms. The summed E-state index contributed by atoms with van der Waals surface area (Å²) in [6.07, 6.45) is 2.20. The molecule has 8 heteroatoms. The van der Waals surface area contributed by atoms with Gasteiger partial charge in [0.2, 0.25) is 0 Å². The van der Waals surface area contributed by atoms with E-state index in [4.69, 9.17) is 9.47 Å². The predicted molar refractivity (Wildman–Crippen MR) is 109 cm³/mol. The first-order valence-corrected chi connectivity index (χ1v) is 10.2. The molecule has 0 radical (unpaired) electrons. The van der Waals surface area contributed by atoms with Gasteiger partial charge in [-0.15, -0.1) is 0 Å². The zero-order valence-corrected chi connectivity index (χ0v) is 17.0. The molecule has 29 heavy (non-hydrogen) atoms. The minimum absolute atomic E-state index is 0.108. The van der Waals surface area contributed by atoms with Gasteiger partial charge in [0.15, 0.2) is 12.4 Å². The zero-order chi connectivity index (χ0) is 21.2. The van der Waals surface area contributed by atoms with Crippen molar-refractivity contribution in [3.63, 3.8) is 0 Å². The number of thioether (sulfide) groups is 1. The number of nitrogens with one attached hydrogen (secondary N) is 1. The van der Waals surface area contributed by atoms with Gasteiger partial charge >= 0.3 is 5.97 Å². The second-order valence-corrected chi connectivity index (χ2v) is 7.03. The molecule has 0 bridgehead atoms. The van der Waals surface area contributed by atoms with Gasteiger partial charge in [0, 0.05) is 5.56 Å². The van der Waals surface area contributed by atoms with Gasteiger partial charge in [0.05, 0.1) is 12.7 Å². The summed E-state index contributed by atoms with van der Waals surface area (Å²) in [5.74, 6) is -1.32. The van der Waals surface area contributed by atoms with E-state index in [1.54, 1.807) is 24.3 Å². The number of amides is 1. The van der Waals surface area contributed by atoms with Crippen LogP contribution in [0.25, 0.3) is 0 Å². The summed E-state index contributed by atoms with van der Waals surface area (Å²) in [4.78, 5) is 37.2. The molecule has 0 saturated heterocycles. The summed E-state index contributed by atoms with van der Waals surface area (Å²) in [6.45, 7) is -0.539. The summed E-state index contributed by atoms with van der Waals surface area (Å²) in [7, 11) is 1.45. The van der Waals surface area contributed by atoms with E-state index in [1.165, 1.54) is 37.1 Å². The smallest absolute Gasteiger partial charge is 0.329 e. The fraction of sp³-hybridized carbons (Fsp3) is 0.286. The summed E-state index contributed by atoms with van der Waals surface area (Å²) >= 11 is 1.51. The Hall–Kier alpha value is -2.87. The Balaban J connectivity index is 2.03. The van der Waals surface area contributed by atoms with Gasteiger partial charge in [0.1, 0.15) is 17.6 Å². The number of ketones is 1. The van der Waals surface area contributed by atoms with Crippen LogP contribution in [0.4, 0.5) is 4.39 Å². The molecular weight excluding hydrogens is 397 g/mol. The van der Waals surface area contributed by atoms with Crippen LogP contribution in [0.15, 0.2) is 48.5 Å². The fourth-order valence-corrected chi connectivity index (χ4v) is 3.01. The molecule has 0 aromatic heterocycles. The Morgan fingerprint density at radius 3 is 2.59 bits per heavy atom. The largest absolute Gasteiger partial charge is 0.496 e. The van der Waals surface area contributed by atoms with Crippen molar-refractivity contribution in [2.24, 2.45) is 0 Å². The van der Waals surface area contributed by atoms with Crippen molar-refractivity contribution in [2.75, 3.05) is 25.7 Å². The molecule has 1 amide bonds. The summed E-state index contributed by atoms with van der Waals surface area (Å²) < 4.78 is 23.5. The lowest BCUT2D eigenvalue weighted by Gasteiger charge is -2.18. The van der Waals surface area contributed by atoms with E-state index >= 15 is 0 Å². The van der Waals surface area contributed by atoms with Gasteiger partial charge in [0.25, 0.3) is 5.91 Å². The number of esters is 1. The van der Waals surface area contributed by atoms with Gasteiger partial charge in [-0.25, -0.2) is 9.18 Å². The lowest BCUT2D eigenvalue weighted by atomic mass is 10.1. The molecule has 2 aromatic carbocycles. The Bertz CT molecular complexity index is 874. The standard InChI is InChI=1S/C21H22FNO5S/c1-27-19-9-4-3-8-16(19)20(25)23-17(10-11-29-2)21(26)28-13-18(24)14-6-5-7-15(22)12-14/h3-9,12,17H,10-11,13H2,1-2H3,(H,23,25)/t17-/m0/s1. The first-order chi connectivity index (χ1) is 14.0. The molecule has 0 fully saturated rings. The average molecular weight is 419 g/mol. The second kappa shape index (κ2) is 11.2. The number of rotatable bonds is 10. The van der Waals surface area contributed by atoms with E-state index in [-0.39, 0.29) is 11.1 Å². The third-order valence-electron chi connectivity index (χ3n) is 4.04. The highest BCUT2D eigenvalue weighted by molar-refractivity contribution is 7.98. The van der Waals surface area contributed by atoms with Crippen LogP contribution in [0.1, 0.15) is 27.1 Å². The zero-order valence-electron chi connectivity index (χ0n) is 16.1. The van der Waals surface area contributed by atoms with Crippen molar-refractivity contribution >= 4 is 29.4 Å². The van der Waals surface area contributed by atoms with Crippen molar-refractivity contribution in [1.29, 1.82) is 0 Å². The van der Waals surface area contributed by atoms with Crippen molar-refractivity contribution in [1.82, 2.24) is 5.32 Å². The molecule has 2 rings (SSSR count). The van der Waals surface area contributed by atoms with Gasteiger partial charge < -0.3 is 14.8 Å². The van der Waals surface area contributed by atoms with Gasteiger partial charge in [-0.1, -0.05) is 24.3 Å². The number of para-hydroxylation sites is 1. The molecule has 0 aliphatic rings. The van der Waals surface area contributed by atoms with E-state index < -0.39 is 36.1 Å². The molecule has 0 aliphatic heterocycles. The number of ether oxygens (including phenoxy) is 2. The maximum atomic E-state index is 13.2. The number of methoxy groups -OCH3 is 1. The molecule has 0 heterocycles. The van der Waals surface area contributed by atoms with Crippen LogP contribution in [-0.4, -0.2) is 49.4 Å². The fourth-order valence-electron chi connectivity index (χ4n) is 2.54. The van der Waals surface area contributed by atoms with Gasteiger partial charge in [-0.05, 0) is 42.7 Å². The topological polar surface area (TPSA) is 81.7 Å². The number of Topliss-reactive ketones (excluding diaryl/α,β-unsaturated/α-hetero) is 1. The maximum absolute atomic E-state index is 13.2. The minimum atomic E-state index is -0.930. The highest BCUT2D eigenvalue weighted by atomic mass is 32.2. The highest BCUT2D eigenvalue weighted by Crippen LogP contribution is 2.17. The lowest BCUT2D eigenvalue weighted by molar-refractivity contribution is -0.144. The number of hydrogen-bond acceptors (Lipinski definition) is 6. The maximum Gasteiger partial charge on any atom is 0.329 e. The summed E-state index contributed by atoms with van der Waals surface area (Å²) in [5, 5.41) is 2.64. The Kier molecular flexibility index (Phi) is 8.67. The van der Waals surface area contributed by atoms with Gasteiger partial charge in [-0.2, -0.15) is 11.8 Å². The number of hydrogen-bond donors (Lipinski definition) is 1. The SMILES string of the molecule is COc1ccccc1C(=O)N[C@@H](CCSC)C(=O)OCC(=O)c1cccc(F)c1. The Morgan fingerprint density at radius 2 is 1.90 bits per heavy atom. The van der Waals surface area contributed by atoms with Crippen LogP contribution >= 0.6 is 11.8 Å². The van der Waals surface area contributed by atoms with Crippen LogP contribution < -0.4 is 10.1 Å². The molecule has 2 aromatic rings. The third-order valence-corrected chi connectivity index (χ3v) is 4.69. The Labute approximate surface area is 172 Å². The average Bonchev–Trinajstić information content (AvgIpc) is 2.74. The van der Waals surface area contributed by atoms with Crippen LogP contribution in [0.2, 0.25) is 0 Å².